The molecule has 0 fully saturated rings. The van der Waals surface area contributed by atoms with Crippen LogP contribution >= 0.6 is 0 Å². The minimum atomic E-state index is -0.172. The summed E-state index contributed by atoms with van der Waals surface area (Å²) in [6.07, 6.45) is 8.44. The first-order chi connectivity index (χ1) is 14.0. The zero-order chi connectivity index (χ0) is 20.4. The van der Waals surface area contributed by atoms with Crippen LogP contribution in [-0.4, -0.2) is 53.5 Å². The average Bonchev–Trinajstić information content (AvgIpc) is 3.37. The van der Waals surface area contributed by atoms with E-state index in [0.717, 1.165) is 17.6 Å². The number of nitrogens with one attached hydrogen (secondary N) is 1. The molecule has 3 aromatic heterocycles. The zero-order valence-corrected chi connectivity index (χ0v) is 16.8. The van der Waals surface area contributed by atoms with Gasteiger partial charge in [0.15, 0.2) is 5.82 Å². The Morgan fingerprint density at radius 1 is 1.28 bits per heavy atom. The Balaban J connectivity index is 1.48. The van der Waals surface area contributed by atoms with Gasteiger partial charge in [-0.2, -0.15) is 5.10 Å². The van der Waals surface area contributed by atoms with E-state index in [4.69, 9.17) is 0 Å². The fourth-order valence-electron chi connectivity index (χ4n) is 3.33. The Hall–Kier alpha value is -3.49. The van der Waals surface area contributed by atoms with E-state index in [9.17, 15) is 4.79 Å². The molecule has 0 spiro atoms. The second-order valence-electron chi connectivity index (χ2n) is 7.34. The fraction of sp³-hybridized carbons (Fsp3) is 0.350. The highest BCUT2D eigenvalue weighted by Crippen LogP contribution is 2.22. The number of urea groups is 1. The Kier molecular flexibility index (Phi) is 5.11. The lowest BCUT2D eigenvalue weighted by molar-refractivity contribution is 0.217. The molecule has 4 rings (SSSR count). The van der Waals surface area contributed by atoms with Crippen molar-refractivity contribution in [3.05, 3.63) is 48.6 Å². The van der Waals surface area contributed by atoms with E-state index in [1.54, 1.807) is 22.0 Å². The van der Waals surface area contributed by atoms with E-state index >= 15 is 0 Å². The molecule has 0 radical (unpaired) electrons. The van der Waals surface area contributed by atoms with E-state index in [0.29, 0.717) is 30.4 Å². The smallest absolute Gasteiger partial charge is 0.320 e. The molecule has 9 nitrogen and oxygen atoms in total. The van der Waals surface area contributed by atoms with Crippen molar-refractivity contribution < 1.29 is 4.79 Å². The summed E-state index contributed by atoms with van der Waals surface area (Å²) < 4.78 is 3.71. The molecule has 1 N–H and O–H groups in total. The summed E-state index contributed by atoms with van der Waals surface area (Å²) in [5.74, 6) is 1.17. The van der Waals surface area contributed by atoms with Gasteiger partial charge in [-0.15, -0.1) is 10.2 Å². The molecular formula is C20H24N8O. The molecule has 0 aliphatic carbocycles. The number of aromatic nitrogens is 6. The Morgan fingerprint density at radius 2 is 2.14 bits per heavy atom. The van der Waals surface area contributed by atoms with Crippen molar-refractivity contribution in [1.82, 2.24) is 34.4 Å². The first kappa shape index (κ1) is 18.9. The monoisotopic (exact) mass is 392 g/mol. The molecule has 150 valence electrons. The standard InChI is InChI=1S/C20H24N8O/c1-14(2)28-13-21-25-19(28)17-7-4-8-18(23-17)24-20(29)27-9-5-6-15(12-27)16-10-22-26(3)11-16/h4,6-8,10-11,13-14H,5,9,12H2,1-3H3,(H,23,24,29). The number of aryl methyl sites for hydroxylation is 1. The number of nitrogens with zero attached hydrogens (tertiary/aromatic N) is 7. The van der Waals surface area contributed by atoms with E-state index in [1.165, 1.54) is 0 Å². The molecule has 0 aromatic carbocycles. The highest BCUT2D eigenvalue weighted by Gasteiger charge is 2.20. The molecule has 3 aromatic rings. The van der Waals surface area contributed by atoms with Gasteiger partial charge in [0.2, 0.25) is 0 Å². The van der Waals surface area contributed by atoms with Gasteiger partial charge in [0.05, 0.1) is 6.20 Å². The van der Waals surface area contributed by atoms with Gasteiger partial charge < -0.3 is 9.47 Å². The summed E-state index contributed by atoms with van der Waals surface area (Å²) in [5, 5.41) is 15.3. The SMILES string of the molecule is CC(C)n1cnnc1-c1cccc(NC(=O)N2CCC=C(c3cnn(C)c3)C2)n1. The van der Waals surface area contributed by atoms with Crippen molar-refractivity contribution in [2.45, 2.75) is 26.3 Å². The van der Waals surface area contributed by atoms with Gasteiger partial charge in [-0.25, -0.2) is 9.78 Å². The molecule has 1 aliphatic rings. The summed E-state index contributed by atoms with van der Waals surface area (Å²) in [6.45, 7) is 5.32. The number of carbonyl (C=O) groups is 1. The first-order valence-electron chi connectivity index (χ1n) is 9.62. The molecule has 0 saturated carbocycles. The van der Waals surface area contributed by atoms with E-state index in [2.05, 4.69) is 45.5 Å². The molecule has 0 unspecified atom stereocenters. The zero-order valence-electron chi connectivity index (χ0n) is 16.8. The number of carbonyl (C=O) groups excluding carboxylic acids is 1. The number of anilines is 1. The van der Waals surface area contributed by atoms with Crippen molar-refractivity contribution >= 4 is 17.4 Å². The first-order valence-corrected chi connectivity index (χ1v) is 9.62. The molecule has 2 amide bonds. The van der Waals surface area contributed by atoms with Crippen molar-refractivity contribution in [3.63, 3.8) is 0 Å². The largest absolute Gasteiger partial charge is 0.323 e. The van der Waals surface area contributed by atoms with Gasteiger partial charge >= 0.3 is 6.03 Å². The van der Waals surface area contributed by atoms with Crippen LogP contribution in [0, 0.1) is 0 Å². The molecule has 29 heavy (non-hydrogen) atoms. The van der Waals surface area contributed by atoms with Crippen LogP contribution in [-0.2, 0) is 7.05 Å². The second kappa shape index (κ2) is 7.86. The van der Waals surface area contributed by atoms with Crippen LogP contribution in [0.5, 0.6) is 0 Å². The van der Waals surface area contributed by atoms with Crippen LogP contribution in [0.1, 0.15) is 31.9 Å². The average molecular weight is 392 g/mol. The summed E-state index contributed by atoms with van der Waals surface area (Å²) in [6, 6.07) is 5.54. The third-order valence-corrected chi connectivity index (χ3v) is 4.86. The van der Waals surface area contributed by atoms with Crippen LogP contribution in [0.4, 0.5) is 10.6 Å². The van der Waals surface area contributed by atoms with Crippen LogP contribution in [0.15, 0.2) is 43.0 Å². The third kappa shape index (κ3) is 4.03. The second-order valence-corrected chi connectivity index (χ2v) is 7.34. The minimum absolute atomic E-state index is 0.172. The van der Waals surface area contributed by atoms with Crippen molar-refractivity contribution in [2.24, 2.45) is 7.05 Å². The maximum absolute atomic E-state index is 12.8. The summed E-state index contributed by atoms with van der Waals surface area (Å²) in [4.78, 5) is 19.2. The number of amides is 2. The summed E-state index contributed by atoms with van der Waals surface area (Å²) in [5.41, 5.74) is 2.81. The molecule has 0 bridgehead atoms. The van der Waals surface area contributed by atoms with E-state index < -0.39 is 0 Å². The lowest BCUT2D eigenvalue weighted by atomic mass is 10.1. The maximum Gasteiger partial charge on any atom is 0.323 e. The molecular weight excluding hydrogens is 368 g/mol. The lowest BCUT2D eigenvalue weighted by Gasteiger charge is -2.27. The van der Waals surface area contributed by atoms with Gasteiger partial charge in [-0.05, 0) is 38.0 Å². The van der Waals surface area contributed by atoms with Crippen LogP contribution in [0.3, 0.4) is 0 Å². The molecule has 0 atom stereocenters. The van der Waals surface area contributed by atoms with Gasteiger partial charge in [0.1, 0.15) is 17.8 Å². The van der Waals surface area contributed by atoms with Crippen molar-refractivity contribution in [3.8, 4) is 11.5 Å². The Morgan fingerprint density at radius 3 is 2.90 bits per heavy atom. The Bertz CT molecular complexity index is 1050. The normalized spacial score (nSPS) is 14.2. The van der Waals surface area contributed by atoms with Gasteiger partial charge in [0, 0.05) is 37.9 Å². The van der Waals surface area contributed by atoms with E-state index in [1.807, 2.05) is 36.1 Å². The predicted octanol–water partition coefficient (Wildman–Crippen LogP) is 2.98. The van der Waals surface area contributed by atoms with Crippen LogP contribution in [0.25, 0.3) is 17.1 Å². The molecule has 0 saturated heterocycles. The predicted molar refractivity (Wildman–Crippen MR) is 110 cm³/mol. The van der Waals surface area contributed by atoms with Crippen LogP contribution < -0.4 is 5.32 Å². The van der Waals surface area contributed by atoms with Crippen molar-refractivity contribution in [2.75, 3.05) is 18.4 Å². The van der Waals surface area contributed by atoms with Crippen LogP contribution in [0.2, 0.25) is 0 Å². The van der Waals surface area contributed by atoms with Gasteiger partial charge in [-0.1, -0.05) is 12.1 Å². The fourth-order valence-corrected chi connectivity index (χ4v) is 3.33. The topological polar surface area (TPSA) is 93.8 Å². The van der Waals surface area contributed by atoms with Crippen molar-refractivity contribution in [1.29, 1.82) is 0 Å². The number of hydrogen-bond donors (Lipinski definition) is 1. The van der Waals surface area contributed by atoms with Gasteiger partial charge in [-0.3, -0.25) is 10.00 Å². The maximum atomic E-state index is 12.8. The summed E-state index contributed by atoms with van der Waals surface area (Å²) >= 11 is 0. The molecule has 9 heteroatoms. The third-order valence-electron chi connectivity index (χ3n) is 4.86. The number of rotatable bonds is 4. The lowest BCUT2D eigenvalue weighted by Crippen LogP contribution is -2.38. The summed E-state index contributed by atoms with van der Waals surface area (Å²) in [7, 11) is 1.89. The molecule has 4 heterocycles. The highest BCUT2D eigenvalue weighted by molar-refractivity contribution is 5.90. The molecule has 1 aliphatic heterocycles. The Labute approximate surface area is 169 Å². The van der Waals surface area contributed by atoms with E-state index in [-0.39, 0.29) is 12.1 Å². The number of pyridine rings is 1. The highest BCUT2D eigenvalue weighted by atomic mass is 16.2. The number of hydrogen-bond acceptors (Lipinski definition) is 5. The quantitative estimate of drug-likeness (QED) is 0.737. The minimum Gasteiger partial charge on any atom is -0.320 e. The van der Waals surface area contributed by atoms with Gasteiger partial charge in [0.25, 0.3) is 0 Å².